The van der Waals surface area contributed by atoms with Crippen LogP contribution in [0.2, 0.25) is 0 Å². The summed E-state index contributed by atoms with van der Waals surface area (Å²) in [5.41, 5.74) is 0. The molecule has 2 aliphatic heterocycles. The Labute approximate surface area is 149 Å². The summed E-state index contributed by atoms with van der Waals surface area (Å²) in [6, 6.07) is -2.33. The van der Waals surface area contributed by atoms with E-state index in [0.29, 0.717) is 24.3 Å². The van der Waals surface area contributed by atoms with Gasteiger partial charge in [0.1, 0.15) is 5.84 Å². The van der Waals surface area contributed by atoms with Gasteiger partial charge in [0.05, 0.1) is 18.0 Å². The Morgan fingerprint density at radius 1 is 1.35 bits per heavy atom. The van der Waals surface area contributed by atoms with Crippen molar-refractivity contribution in [2.24, 2.45) is 5.92 Å². The fraction of sp³-hybridized carbons (Fsp3) is 0.692. The van der Waals surface area contributed by atoms with E-state index in [-0.39, 0.29) is 24.3 Å². The van der Waals surface area contributed by atoms with Gasteiger partial charge in [0.2, 0.25) is 11.8 Å². The van der Waals surface area contributed by atoms with E-state index in [1.54, 1.807) is 0 Å². The summed E-state index contributed by atoms with van der Waals surface area (Å²) in [5.74, 6) is -1.23. The van der Waals surface area contributed by atoms with E-state index in [4.69, 9.17) is 9.96 Å². The van der Waals surface area contributed by atoms with Crippen LogP contribution in [-0.2, 0) is 24.3 Å². The Morgan fingerprint density at radius 2 is 2.04 bits per heavy atom. The maximum absolute atomic E-state index is 12.3. The Balaban J connectivity index is 1.59. The number of nitrogens with one attached hydrogen (secondary N) is 3. The molecule has 13 heteroatoms. The summed E-state index contributed by atoms with van der Waals surface area (Å²) in [4.78, 5) is 36.6. The highest BCUT2D eigenvalue weighted by atomic mass is 32.3. The minimum atomic E-state index is -4.83. The summed E-state index contributed by atoms with van der Waals surface area (Å²) in [6.45, 7) is 1.47. The van der Waals surface area contributed by atoms with Crippen molar-refractivity contribution in [2.75, 3.05) is 6.54 Å². The van der Waals surface area contributed by atoms with Gasteiger partial charge in [-0.15, -0.1) is 4.28 Å². The predicted octanol–water partition coefficient (Wildman–Crippen LogP) is -1.39. The first-order chi connectivity index (χ1) is 12.1. The van der Waals surface area contributed by atoms with E-state index in [1.807, 2.05) is 0 Å². The molecule has 0 aromatic heterocycles. The van der Waals surface area contributed by atoms with Crippen LogP contribution in [0.4, 0.5) is 4.79 Å². The largest absolute Gasteiger partial charge is 0.418 e. The number of hydrogen-bond donors (Lipinski definition) is 4. The molecule has 12 nitrogen and oxygen atoms in total. The van der Waals surface area contributed by atoms with Gasteiger partial charge < -0.3 is 15.5 Å². The van der Waals surface area contributed by atoms with Gasteiger partial charge in [-0.25, -0.2) is 4.79 Å². The molecule has 3 fully saturated rings. The van der Waals surface area contributed by atoms with Gasteiger partial charge in [0.25, 0.3) is 0 Å². The maximum atomic E-state index is 12.3. The number of hydroxylamine groups is 2. The van der Waals surface area contributed by atoms with Crippen molar-refractivity contribution in [3.63, 3.8) is 0 Å². The first-order valence-electron chi connectivity index (χ1n) is 8.00. The highest BCUT2D eigenvalue weighted by molar-refractivity contribution is 7.80. The van der Waals surface area contributed by atoms with Crippen molar-refractivity contribution in [3.05, 3.63) is 0 Å². The van der Waals surface area contributed by atoms with Crippen molar-refractivity contribution in [1.82, 2.24) is 20.6 Å². The highest BCUT2D eigenvalue weighted by Crippen LogP contribution is 2.32. The molecule has 2 bridgehead atoms. The molecule has 0 aromatic rings. The van der Waals surface area contributed by atoms with Gasteiger partial charge in [0, 0.05) is 19.5 Å². The van der Waals surface area contributed by atoms with Crippen LogP contribution in [0.25, 0.3) is 0 Å². The molecule has 2 unspecified atom stereocenters. The van der Waals surface area contributed by atoms with E-state index in [9.17, 15) is 22.8 Å². The lowest BCUT2D eigenvalue weighted by Gasteiger charge is -2.30. The summed E-state index contributed by atoms with van der Waals surface area (Å²) < 4.78 is 34.8. The van der Waals surface area contributed by atoms with E-state index in [2.05, 4.69) is 14.9 Å². The summed E-state index contributed by atoms with van der Waals surface area (Å²) >= 11 is 0. The number of rotatable bonds is 5. The number of carbonyl (C=O) groups excluding carboxylic acids is 3. The fourth-order valence-corrected chi connectivity index (χ4v) is 3.73. The van der Waals surface area contributed by atoms with Crippen molar-refractivity contribution in [2.45, 2.75) is 44.3 Å². The molecule has 0 aromatic carbocycles. The molecule has 26 heavy (non-hydrogen) atoms. The SMILES string of the molecule is CC(=O)NC1CC1C(=O)NC(=N)[C@@H]1CC[C@@H]2CN1C(=O)N2OS(=O)(=O)O. The zero-order chi connectivity index (χ0) is 19.2. The minimum Gasteiger partial charge on any atom is -0.353 e. The zero-order valence-electron chi connectivity index (χ0n) is 13.8. The number of carbonyl (C=O) groups is 3. The Morgan fingerprint density at radius 3 is 2.65 bits per heavy atom. The van der Waals surface area contributed by atoms with E-state index >= 15 is 0 Å². The molecule has 4 N–H and O–H groups in total. The smallest absolute Gasteiger partial charge is 0.353 e. The lowest BCUT2D eigenvalue weighted by molar-refractivity contribution is -0.121. The molecule has 4 amide bonds. The number of piperidine rings is 1. The molecule has 0 radical (unpaired) electrons. The average molecular weight is 389 g/mol. The quantitative estimate of drug-likeness (QED) is 0.255. The molecular weight excluding hydrogens is 370 g/mol. The number of nitrogens with zero attached hydrogens (tertiary/aromatic N) is 2. The van der Waals surface area contributed by atoms with Crippen LogP contribution in [0.5, 0.6) is 0 Å². The Bertz CT molecular complexity index is 769. The lowest BCUT2D eigenvalue weighted by Crippen LogP contribution is -2.51. The summed E-state index contributed by atoms with van der Waals surface area (Å²) in [5, 5.41) is 13.7. The molecule has 144 valence electrons. The topological polar surface area (TPSA) is 169 Å². The lowest BCUT2D eigenvalue weighted by atomic mass is 10.00. The summed E-state index contributed by atoms with van der Waals surface area (Å²) in [6.07, 6.45) is 1.17. The number of hydrogen-bond acceptors (Lipinski definition) is 7. The van der Waals surface area contributed by atoms with Crippen LogP contribution >= 0.6 is 0 Å². The molecule has 3 rings (SSSR count). The average Bonchev–Trinajstić information content (AvgIpc) is 3.24. The van der Waals surface area contributed by atoms with E-state index in [1.165, 1.54) is 11.8 Å². The number of fused-ring (bicyclic) bond motifs is 2. The second-order valence-corrected chi connectivity index (χ2v) is 7.57. The maximum Gasteiger partial charge on any atom is 0.418 e. The van der Waals surface area contributed by atoms with Crippen molar-refractivity contribution >= 4 is 34.1 Å². The zero-order valence-corrected chi connectivity index (χ0v) is 14.7. The van der Waals surface area contributed by atoms with Gasteiger partial charge in [-0.1, -0.05) is 0 Å². The fourth-order valence-electron chi connectivity index (χ4n) is 3.35. The standard InChI is InChI=1S/C13H19N5O7S/c1-6(19)15-9-4-8(9)12(20)16-11(14)10-3-2-7-5-17(10)13(21)18(7)25-26(22,23)24/h7-10H,2-5H2,1H3,(H,15,19)(H2,14,16,20)(H,22,23,24)/t7-,8?,9?,10+/m1/s1. The van der Waals surface area contributed by atoms with E-state index in [0.717, 1.165) is 0 Å². The minimum absolute atomic E-state index is 0.120. The Hall–Kier alpha value is -2.25. The van der Waals surface area contributed by atoms with Gasteiger partial charge >= 0.3 is 16.4 Å². The Kier molecular flexibility index (Phi) is 4.62. The molecule has 1 saturated carbocycles. The molecule has 2 heterocycles. The van der Waals surface area contributed by atoms with Crippen molar-refractivity contribution in [3.8, 4) is 0 Å². The second kappa shape index (κ2) is 6.48. The molecular formula is C13H19N5O7S. The highest BCUT2D eigenvalue weighted by Gasteiger charge is 2.49. The third-order valence-corrected chi connectivity index (χ3v) is 4.95. The van der Waals surface area contributed by atoms with Crippen LogP contribution in [0.3, 0.4) is 0 Å². The summed E-state index contributed by atoms with van der Waals surface area (Å²) in [7, 11) is -4.83. The third kappa shape index (κ3) is 3.78. The molecule has 0 spiro atoms. The molecule has 4 atom stereocenters. The van der Waals surface area contributed by atoms with Crippen LogP contribution in [0.15, 0.2) is 0 Å². The number of amides is 4. The number of urea groups is 1. The first kappa shape index (κ1) is 18.5. The van der Waals surface area contributed by atoms with Crippen molar-refractivity contribution < 1.29 is 31.6 Å². The second-order valence-electron chi connectivity index (χ2n) is 6.56. The molecule has 1 aliphatic carbocycles. The molecule has 2 saturated heterocycles. The van der Waals surface area contributed by atoms with Crippen LogP contribution in [0, 0.1) is 11.3 Å². The van der Waals surface area contributed by atoms with Crippen LogP contribution < -0.4 is 10.6 Å². The van der Waals surface area contributed by atoms with Crippen LogP contribution in [0.1, 0.15) is 26.2 Å². The van der Waals surface area contributed by atoms with E-state index < -0.39 is 40.3 Å². The van der Waals surface area contributed by atoms with Gasteiger partial charge in [0.15, 0.2) is 0 Å². The first-order valence-corrected chi connectivity index (χ1v) is 9.36. The van der Waals surface area contributed by atoms with Crippen LogP contribution in [-0.4, -0.2) is 71.3 Å². The number of amidine groups is 1. The third-order valence-electron chi connectivity index (χ3n) is 4.60. The van der Waals surface area contributed by atoms with Gasteiger partial charge in [-0.3, -0.25) is 19.6 Å². The monoisotopic (exact) mass is 389 g/mol. The predicted molar refractivity (Wildman–Crippen MR) is 85.0 cm³/mol. The van der Waals surface area contributed by atoms with Gasteiger partial charge in [-0.05, 0) is 19.3 Å². The van der Waals surface area contributed by atoms with Crippen molar-refractivity contribution in [1.29, 1.82) is 5.41 Å². The molecule has 3 aliphatic rings. The van der Waals surface area contributed by atoms with Gasteiger partial charge in [-0.2, -0.15) is 13.5 Å². The normalized spacial score (nSPS) is 30.2.